The predicted octanol–water partition coefficient (Wildman–Crippen LogP) is 5.68. The third kappa shape index (κ3) is 3.39. The molecule has 0 unspecified atom stereocenters. The van der Waals surface area contributed by atoms with Gasteiger partial charge in [-0.1, -0.05) is 79.6 Å². The lowest BCUT2D eigenvalue weighted by molar-refractivity contribution is 0.670. The summed E-state index contributed by atoms with van der Waals surface area (Å²) in [7, 11) is 0. The van der Waals surface area contributed by atoms with Crippen LogP contribution in [0.1, 0.15) is 43.0 Å². The monoisotopic (exact) mass is 264 g/mol. The van der Waals surface area contributed by atoms with E-state index >= 15 is 0 Å². The van der Waals surface area contributed by atoms with E-state index in [1.807, 2.05) is 0 Å². The second kappa shape index (κ2) is 5.66. The first-order valence-electron chi connectivity index (χ1n) is 7.22. The van der Waals surface area contributed by atoms with Crippen molar-refractivity contribution in [1.29, 1.82) is 0 Å². The van der Waals surface area contributed by atoms with Gasteiger partial charge in [0.05, 0.1) is 0 Å². The fourth-order valence-electron chi connectivity index (χ4n) is 2.64. The number of allylic oxidation sites excluding steroid dienone is 2. The van der Waals surface area contributed by atoms with Gasteiger partial charge in [0.15, 0.2) is 0 Å². The highest BCUT2D eigenvalue weighted by Gasteiger charge is 2.18. The zero-order chi connectivity index (χ0) is 14.8. The van der Waals surface area contributed by atoms with E-state index in [1.165, 1.54) is 27.8 Å². The van der Waals surface area contributed by atoms with Crippen molar-refractivity contribution in [2.75, 3.05) is 0 Å². The highest BCUT2D eigenvalue weighted by Crippen LogP contribution is 2.29. The zero-order valence-electron chi connectivity index (χ0n) is 13.2. The van der Waals surface area contributed by atoms with Gasteiger partial charge in [0, 0.05) is 5.41 Å². The smallest absolute Gasteiger partial charge is 0.00813 e. The predicted molar refractivity (Wildman–Crippen MR) is 89.0 cm³/mol. The molecular weight excluding hydrogens is 240 g/mol. The van der Waals surface area contributed by atoms with Crippen LogP contribution in [0.15, 0.2) is 54.6 Å². The maximum Gasteiger partial charge on any atom is 0.00813 e. The van der Waals surface area contributed by atoms with Crippen LogP contribution >= 0.6 is 0 Å². The summed E-state index contributed by atoms with van der Waals surface area (Å²) < 4.78 is 0. The molecule has 0 nitrogen and oxygen atoms in total. The molecule has 0 aliphatic carbocycles. The normalized spacial score (nSPS) is 12.6. The number of rotatable bonds is 3. The summed E-state index contributed by atoms with van der Waals surface area (Å²) in [4.78, 5) is 0. The molecule has 0 saturated carbocycles. The number of hydrogen-bond donors (Lipinski definition) is 0. The maximum atomic E-state index is 2.37. The second-order valence-electron chi connectivity index (χ2n) is 6.29. The molecule has 0 heterocycles. The molecule has 0 aliphatic rings. The summed E-state index contributed by atoms with van der Waals surface area (Å²) in [5.41, 5.74) is 6.68. The van der Waals surface area contributed by atoms with Gasteiger partial charge in [-0.15, -0.1) is 0 Å². The standard InChI is InChI=1S/C20H24/c1-15-8-6-10-18(12-15)17(3)14-20(4,5)19-11-7-9-16(2)13-19/h6-14H,1-5H3. The van der Waals surface area contributed by atoms with E-state index in [2.05, 4.69) is 89.2 Å². The maximum absolute atomic E-state index is 2.37. The summed E-state index contributed by atoms with van der Waals surface area (Å²) in [5.74, 6) is 0. The lowest BCUT2D eigenvalue weighted by Gasteiger charge is -2.23. The fraction of sp³-hybridized carbons (Fsp3) is 0.300. The molecule has 2 aromatic rings. The van der Waals surface area contributed by atoms with E-state index in [9.17, 15) is 0 Å². The van der Waals surface area contributed by atoms with Crippen molar-refractivity contribution < 1.29 is 0 Å². The van der Waals surface area contributed by atoms with Crippen LogP contribution in [0.2, 0.25) is 0 Å². The molecule has 0 amide bonds. The van der Waals surface area contributed by atoms with Gasteiger partial charge in [-0.05, 0) is 37.5 Å². The van der Waals surface area contributed by atoms with Gasteiger partial charge in [0.1, 0.15) is 0 Å². The van der Waals surface area contributed by atoms with Gasteiger partial charge in [0.25, 0.3) is 0 Å². The lowest BCUT2D eigenvalue weighted by atomic mass is 9.81. The van der Waals surface area contributed by atoms with Crippen molar-refractivity contribution in [3.63, 3.8) is 0 Å². The topological polar surface area (TPSA) is 0 Å². The minimum Gasteiger partial charge on any atom is -0.0710 e. The first-order valence-corrected chi connectivity index (χ1v) is 7.22. The molecular formula is C20H24. The largest absolute Gasteiger partial charge is 0.0710 e. The molecule has 0 saturated heterocycles. The van der Waals surface area contributed by atoms with Gasteiger partial charge in [-0.25, -0.2) is 0 Å². The molecule has 0 fully saturated rings. The van der Waals surface area contributed by atoms with E-state index in [1.54, 1.807) is 0 Å². The third-order valence-corrected chi connectivity index (χ3v) is 3.81. The van der Waals surface area contributed by atoms with Gasteiger partial charge in [0.2, 0.25) is 0 Å². The average Bonchev–Trinajstić information content (AvgIpc) is 2.38. The van der Waals surface area contributed by atoms with Crippen LogP contribution in [0.5, 0.6) is 0 Å². The Morgan fingerprint density at radius 3 is 2.10 bits per heavy atom. The van der Waals surface area contributed by atoms with Crippen molar-refractivity contribution in [1.82, 2.24) is 0 Å². The van der Waals surface area contributed by atoms with Crippen LogP contribution in [-0.4, -0.2) is 0 Å². The van der Waals surface area contributed by atoms with Crippen LogP contribution in [0.3, 0.4) is 0 Å². The second-order valence-corrected chi connectivity index (χ2v) is 6.29. The third-order valence-electron chi connectivity index (χ3n) is 3.81. The first-order chi connectivity index (χ1) is 9.38. The van der Waals surface area contributed by atoms with Gasteiger partial charge < -0.3 is 0 Å². The SMILES string of the molecule is CC(=CC(C)(C)c1cccc(C)c1)c1cccc(C)c1. The van der Waals surface area contributed by atoms with E-state index in [0.29, 0.717) is 0 Å². The van der Waals surface area contributed by atoms with Crippen molar-refractivity contribution in [3.05, 3.63) is 76.9 Å². The fourth-order valence-corrected chi connectivity index (χ4v) is 2.64. The van der Waals surface area contributed by atoms with Crippen LogP contribution in [0, 0.1) is 13.8 Å². The molecule has 0 radical (unpaired) electrons. The van der Waals surface area contributed by atoms with Gasteiger partial charge in [-0.2, -0.15) is 0 Å². The van der Waals surface area contributed by atoms with Crippen LogP contribution in [0.4, 0.5) is 0 Å². The Hall–Kier alpha value is -1.82. The Morgan fingerprint density at radius 1 is 0.900 bits per heavy atom. The highest BCUT2D eigenvalue weighted by atomic mass is 14.2. The summed E-state index contributed by atoms with van der Waals surface area (Å²) in [6.45, 7) is 11.0. The summed E-state index contributed by atoms with van der Waals surface area (Å²) in [6, 6.07) is 17.5. The Bertz CT molecular complexity index is 630. The molecule has 0 heteroatoms. The minimum atomic E-state index is 0.0415. The first kappa shape index (κ1) is 14.6. The molecule has 0 N–H and O–H groups in total. The number of hydrogen-bond acceptors (Lipinski definition) is 0. The van der Waals surface area contributed by atoms with Crippen LogP contribution in [-0.2, 0) is 5.41 Å². The quantitative estimate of drug-likeness (QED) is 0.668. The van der Waals surface area contributed by atoms with Crippen molar-refractivity contribution >= 4 is 5.57 Å². The van der Waals surface area contributed by atoms with Gasteiger partial charge >= 0.3 is 0 Å². The van der Waals surface area contributed by atoms with Crippen LogP contribution < -0.4 is 0 Å². The van der Waals surface area contributed by atoms with Crippen molar-refractivity contribution in [2.45, 2.75) is 40.0 Å². The average molecular weight is 264 g/mol. The molecule has 0 aliphatic heterocycles. The minimum absolute atomic E-state index is 0.0415. The summed E-state index contributed by atoms with van der Waals surface area (Å²) in [6.07, 6.45) is 2.37. The highest BCUT2D eigenvalue weighted by molar-refractivity contribution is 5.66. The lowest BCUT2D eigenvalue weighted by Crippen LogP contribution is -2.14. The summed E-state index contributed by atoms with van der Waals surface area (Å²) in [5, 5.41) is 0. The van der Waals surface area contributed by atoms with E-state index in [0.717, 1.165) is 0 Å². The van der Waals surface area contributed by atoms with Crippen molar-refractivity contribution in [3.8, 4) is 0 Å². The van der Waals surface area contributed by atoms with Gasteiger partial charge in [-0.3, -0.25) is 0 Å². The molecule has 20 heavy (non-hydrogen) atoms. The Balaban J connectivity index is 2.37. The molecule has 0 bridgehead atoms. The van der Waals surface area contributed by atoms with Crippen molar-refractivity contribution in [2.24, 2.45) is 0 Å². The Morgan fingerprint density at radius 2 is 1.50 bits per heavy atom. The summed E-state index contributed by atoms with van der Waals surface area (Å²) >= 11 is 0. The molecule has 2 rings (SSSR count). The van der Waals surface area contributed by atoms with E-state index < -0.39 is 0 Å². The van der Waals surface area contributed by atoms with E-state index in [4.69, 9.17) is 0 Å². The molecule has 0 atom stereocenters. The zero-order valence-corrected chi connectivity index (χ0v) is 13.2. The Kier molecular flexibility index (Phi) is 4.13. The molecule has 0 aromatic heterocycles. The number of aryl methyl sites for hydroxylation is 2. The number of benzene rings is 2. The molecule has 2 aromatic carbocycles. The molecule has 104 valence electrons. The Labute approximate surface area is 123 Å². The van der Waals surface area contributed by atoms with E-state index in [-0.39, 0.29) is 5.41 Å². The molecule has 0 spiro atoms. The van der Waals surface area contributed by atoms with Crippen LogP contribution in [0.25, 0.3) is 5.57 Å².